The van der Waals surface area contributed by atoms with E-state index in [1.165, 1.54) is 0 Å². The first-order valence-electron chi connectivity index (χ1n) is 4.94. The predicted octanol–water partition coefficient (Wildman–Crippen LogP) is 3.28. The van der Waals surface area contributed by atoms with E-state index in [1.807, 2.05) is 0 Å². The second-order valence-corrected chi connectivity index (χ2v) is 3.71. The molecule has 0 rings (SSSR count). The Labute approximate surface area is 81.0 Å². The minimum absolute atomic E-state index is 0.146. The third-order valence-corrected chi connectivity index (χ3v) is 1.63. The molecule has 0 aromatic rings. The minimum atomic E-state index is -0.146. The van der Waals surface area contributed by atoms with E-state index in [-0.39, 0.29) is 5.97 Å². The summed E-state index contributed by atoms with van der Waals surface area (Å²) in [6, 6.07) is 0. The standard InChI is InChI=1S/C11H20O2/c1-5-6-7-11(12)13-10(4)8-9(2)3/h9H,4-8H2,1-3H3. The molecule has 76 valence electrons. The average Bonchev–Trinajstić information content (AvgIpc) is 1.98. The molecule has 2 heteroatoms. The van der Waals surface area contributed by atoms with Crippen molar-refractivity contribution >= 4 is 5.97 Å². The van der Waals surface area contributed by atoms with Crippen LogP contribution in [0.3, 0.4) is 0 Å². The first-order valence-corrected chi connectivity index (χ1v) is 4.94. The lowest BCUT2D eigenvalue weighted by Gasteiger charge is -2.08. The van der Waals surface area contributed by atoms with Gasteiger partial charge in [0.05, 0.1) is 0 Å². The third-order valence-electron chi connectivity index (χ3n) is 1.63. The van der Waals surface area contributed by atoms with Gasteiger partial charge in [-0.2, -0.15) is 0 Å². The highest BCUT2D eigenvalue weighted by atomic mass is 16.5. The molecule has 0 bridgehead atoms. The SMILES string of the molecule is C=C(CC(C)C)OC(=O)CCCC. The Morgan fingerprint density at radius 2 is 2.08 bits per heavy atom. The fourth-order valence-corrected chi connectivity index (χ4v) is 1.03. The molecule has 0 aromatic carbocycles. The van der Waals surface area contributed by atoms with Crippen molar-refractivity contribution in [3.63, 3.8) is 0 Å². The van der Waals surface area contributed by atoms with Crippen molar-refractivity contribution in [1.29, 1.82) is 0 Å². The van der Waals surface area contributed by atoms with Gasteiger partial charge in [-0.1, -0.05) is 33.8 Å². The van der Waals surface area contributed by atoms with Crippen LogP contribution in [0.4, 0.5) is 0 Å². The molecule has 0 fully saturated rings. The van der Waals surface area contributed by atoms with E-state index < -0.39 is 0 Å². The minimum Gasteiger partial charge on any atom is -0.432 e. The Balaban J connectivity index is 3.59. The van der Waals surface area contributed by atoms with Crippen molar-refractivity contribution in [1.82, 2.24) is 0 Å². The molecule has 0 radical (unpaired) electrons. The summed E-state index contributed by atoms with van der Waals surface area (Å²) in [5, 5.41) is 0. The van der Waals surface area contributed by atoms with Crippen molar-refractivity contribution in [2.75, 3.05) is 0 Å². The zero-order valence-corrected chi connectivity index (χ0v) is 8.93. The van der Waals surface area contributed by atoms with E-state index in [0.29, 0.717) is 18.1 Å². The van der Waals surface area contributed by atoms with E-state index in [2.05, 4.69) is 27.4 Å². The summed E-state index contributed by atoms with van der Waals surface area (Å²) in [5.41, 5.74) is 0. The maximum atomic E-state index is 11.1. The van der Waals surface area contributed by atoms with Crippen molar-refractivity contribution in [2.45, 2.75) is 46.5 Å². The van der Waals surface area contributed by atoms with Gasteiger partial charge in [0.25, 0.3) is 0 Å². The molecule has 2 nitrogen and oxygen atoms in total. The molecular formula is C11H20O2. The van der Waals surface area contributed by atoms with E-state index >= 15 is 0 Å². The topological polar surface area (TPSA) is 26.3 Å². The number of hydrogen-bond acceptors (Lipinski definition) is 2. The van der Waals surface area contributed by atoms with Crippen LogP contribution in [0.25, 0.3) is 0 Å². The van der Waals surface area contributed by atoms with Gasteiger partial charge in [-0.25, -0.2) is 0 Å². The van der Waals surface area contributed by atoms with Crippen LogP contribution < -0.4 is 0 Å². The maximum Gasteiger partial charge on any atom is 0.310 e. The van der Waals surface area contributed by atoms with Crippen molar-refractivity contribution < 1.29 is 9.53 Å². The summed E-state index contributed by atoms with van der Waals surface area (Å²) in [6.45, 7) is 9.90. The van der Waals surface area contributed by atoms with Gasteiger partial charge in [0.2, 0.25) is 0 Å². The highest BCUT2D eigenvalue weighted by Crippen LogP contribution is 2.11. The molecule has 0 spiro atoms. The number of carbonyl (C=O) groups is 1. The lowest BCUT2D eigenvalue weighted by Crippen LogP contribution is -2.05. The van der Waals surface area contributed by atoms with E-state index in [4.69, 9.17) is 4.74 Å². The Kier molecular flexibility index (Phi) is 6.29. The lowest BCUT2D eigenvalue weighted by atomic mass is 10.1. The van der Waals surface area contributed by atoms with Crippen LogP contribution in [0.2, 0.25) is 0 Å². The van der Waals surface area contributed by atoms with E-state index in [0.717, 1.165) is 19.3 Å². The van der Waals surface area contributed by atoms with Crippen LogP contribution in [0, 0.1) is 5.92 Å². The number of rotatable bonds is 6. The van der Waals surface area contributed by atoms with Crippen molar-refractivity contribution in [3.8, 4) is 0 Å². The van der Waals surface area contributed by atoms with Gasteiger partial charge >= 0.3 is 5.97 Å². The normalized spacial score (nSPS) is 10.2. The number of ether oxygens (including phenoxy) is 1. The summed E-state index contributed by atoms with van der Waals surface area (Å²) >= 11 is 0. The van der Waals surface area contributed by atoms with Crippen molar-refractivity contribution in [3.05, 3.63) is 12.3 Å². The molecule has 0 aliphatic carbocycles. The first kappa shape index (κ1) is 12.2. The Morgan fingerprint density at radius 1 is 1.46 bits per heavy atom. The highest BCUT2D eigenvalue weighted by Gasteiger charge is 2.06. The van der Waals surface area contributed by atoms with Crippen LogP contribution in [0.5, 0.6) is 0 Å². The van der Waals surface area contributed by atoms with Crippen LogP contribution in [0.1, 0.15) is 46.5 Å². The van der Waals surface area contributed by atoms with Gasteiger partial charge < -0.3 is 4.74 Å². The summed E-state index contributed by atoms with van der Waals surface area (Å²) in [5.74, 6) is 0.940. The highest BCUT2D eigenvalue weighted by molar-refractivity contribution is 5.70. The molecule has 0 aliphatic heterocycles. The Bertz CT molecular complexity index is 171. The van der Waals surface area contributed by atoms with Gasteiger partial charge in [-0.05, 0) is 12.3 Å². The molecule has 0 unspecified atom stereocenters. The number of unbranched alkanes of at least 4 members (excludes halogenated alkanes) is 1. The second kappa shape index (κ2) is 6.70. The van der Waals surface area contributed by atoms with Gasteiger partial charge in [-0.3, -0.25) is 4.79 Å². The smallest absolute Gasteiger partial charge is 0.310 e. The summed E-state index contributed by atoms with van der Waals surface area (Å²) in [4.78, 5) is 11.1. The van der Waals surface area contributed by atoms with E-state index in [9.17, 15) is 4.79 Å². The maximum absolute atomic E-state index is 11.1. The van der Waals surface area contributed by atoms with Gasteiger partial charge in [0, 0.05) is 12.8 Å². The molecule has 13 heavy (non-hydrogen) atoms. The number of allylic oxidation sites excluding steroid dienone is 1. The van der Waals surface area contributed by atoms with Gasteiger partial charge in [0.1, 0.15) is 5.76 Å². The molecule has 0 N–H and O–H groups in total. The fraction of sp³-hybridized carbons (Fsp3) is 0.727. The average molecular weight is 184 g/mol. The zero-order chi connectivity index (χ0) is 10.3. The molecule has 0 aliphatic rings. The summed E-state index contributed by atoms with van der Waals surface area (Å²) in [6.07, 6.45) is 3.19. The Morgan fingerprint density at radius 3 is 2.54 bits per heavy atom. The summed E-state index contributed by atoms with van der Waals surface area (Å²) in [7, 11) is 0. The molecule has 0 amide bonds. The van der Waals surface area contributed by atoms with Gasteiger partial charge in [0.15, 0.2) is 0 Å². The number of carbonyl (C=O) groups excluding carboxylic acids is 1. The van der Waals surface area contributed by atoms with Crippen LogP contribution in [-0.2, 0) is 9.53 Å². The van der Waals surface area contributed by atoms with Crippen LogP contribution in [-0.4, -0.2) is 5.97 Å². The van der Waals surface area contributed by atoms with Gasteiger partial charge in [-0.15, -0.1) is 0 Å². The quantitative estimate of drug-likeness (QED) is 0.467. The molecule has 0 aromatic heterocycles. The van der Waals surface area contributed by atoms with Crippen LogP contribution >= 0.6 is 0 Å². The van der Waals surface area contributed by atoms with E-state index in [1.54, 1.807) is 0 Å². The third kappa shape index (κ3) is 7.57. The van der Waals surface area contributed by atoms with Crippen LogP contribution in [0.15, 0.2) is 12.3 Å². The molecule has 0 saturated carbocycles. The van der Waals surface area contributed by atoms with Crippen molar-refractivity contribution in [2.24, 2.45) is 5.92 Å². The largest absolute Gasteiger partial charge is 0.432 e. The molecule has 0 saturated heterocycles. The summed E-state index contributed by atoms with van der Waals surface area (Å²) < 4.78 is 5.03. The zero-order valence-electron chi connectivity index (χ0n) is 8.93. The molecular weight excluding hydrogens is 164 g/mol. The Hall–Kier alpha value is -0.790. The monoisotopic (exact) mass is 184 g/mol. The number of esters is 1. The second-order valence-electron chi connectivity index (χ2n) is 3.71. The molecule has 0 heterocycles. The fourth-order valence-electron chi connectivity index (χ4n) is 1.03. The molecule has 0 atom stereocenters. The number of hydrogen-bond donors (Lipinski definition) is 0. The predicted molar refractivity (Wildman–Crippen MR) is 54.2 cm³/mol. The first-order chi connectivity index (χ1) is 6.06. The lowest BCUT2D eigenvalue weighted by molar-refractivity contribution is -0.139.